The summed E-state index contributed by atoms with van der Waals surface area (Å²) in [7, 11) is 0. The second-order valence-corrected chi connectivity index (χ2v) is 3.79. The Morgan fingerprint density at radius 2 is 1.94 bits per heavy atom. The number of hydrogen-bond donors (Lipinski definition) is 0. The van der Waals surface area contributed by atoms with Gasteiger partial charge in [-0.2, -0.15) is 0 Å². The van der Waals surface area contributed by atoms with Gasteiger partial charge in [0.2, 0.25) is 0 Å². The van der Waals surface area contributed by atoms with Crippen molar-refractivity contribution < 1.29 is 14.5 Å². The molecule has 16 heavy (non-hydrogen) atoms. The van der Waals surface area contributed by atoms with Gasteiger partial charge in [0.25, 0.3) is 17.4 Å². The maximum Gasteiger partial charge on any atom is 0.271 e. The summed E-state index contributed by atoms with van der Waals surface area (Å²) in [5.74, 6) is -0.447. The highest BCUT2D eigenvalue weighted by atomic mass is 16.8. The minimum Gasteiger partial charge on any atom is -0.431 e. The smallest absolute Gasteiger partial charge is 0.271 e. The molecule has 1 aromatic rings. The normalized spacial score (nSPS) is 17.2. The number of rotatable bonds is 2. The zero-order chi connectivity index (χ0) is 11.8. The molecule has 0 N–H and O–H groups in total. The van der Waals surface area contributed by atoms with Gasteiger partial charge < -0.3 is 9.57 Å². The second-order valence-electron chi connectivity index (χ2n) is 3.79. The zero-order valence-corrected chi connectivity index (χ0v) is 8.84. The van der Waals surface area contributed by atoms with Crippen LogP contribution in [0.4, 0.5) is 5.69 Å². The molecule has 0 saturated heterocycles. The van der Waals surface area contributed by atoms with Crippen LogP contribution in [-0.2, 0) is 9.57 Å². The summed E-state index contributed by atoms with van der Waals surface area (Å²) in [6.07, 6.45) is 0. The molecule has 0 radical (unpaired) electrons. The van der Waals surface area contributed by atoms with Crippen LogP contribution in [0.2, 0.25) is 0 Å². The van der Waals surface area contributed by atoms with Gasteiger partial charge in [0.15, 0.2) is 0 Å². The van der Waals surface area contributed by atoms with E-state index < -0.39 is 10.7 Å². The first-order chi connectivity index (χ1) is 7.48. The SMILES string of the molecule is CC1(C)ON=C(c2ccc([N+](=O)[O-])cc2)O1. The number of oxime groups is 1. The number of ether oxygens (including phenoxy) is 1. The van der Waals surface area contributed by atoms with E-state index in [0.29, 0.717) is 11.5 Å². The topological polar surface area (TPSA) is 74.0 Å². The van der Waals surface area contributed by atoms with Crippen molar-refractivity contribution in [2.45, 2.75) is 19.6 Å². The minimum absolute atomic E-state index is 0.0301. The van der Waals surface area contributed by atoms with Crippen molar-refractivity contribution in [1.29, 1.82) is 0 Å². The van der Waals surface area contributed by atoms with Gasteiger partial charge in [-0.15, -0.1) is 0 Å². The van der Waals surface area contributed by atoms with Gasteiger partial charge in [0.1, 0.15) is 0 Å². The Kier molecular flexibility index (Phi) is 2.26. The molecule has 0 amide bonds. The van der Waals surface area contributed by atoms with E-state index in [9.17, 15) is 10.1 Å². The zero-order valence-electron chi connectivity index (χ0n) is 8.84. The maximum atomic E-state index is 10.5. The largest absolute Gasteiger partial charge is 0.431 e. The molecule has 0 unspecified atom stereocenters. The third kappa shape index (κ3) is 1.95. The summed E-state index contributed by atoms with van der Waals surface area (Å²) in [6.45, 7) is 3.46. The van der Waals surface area contributed by atoms with Crippen LogP contribution in [0.3, 0.4) is 0 Å². The van der Waals surface area contributed by atoms with Crippen LogP contribution in [0.1, 0.15) is 19.4 Å². The molecule has 0 bridgehead atoms. The molecule has 0 atom stereocenters. The fraction of sp³-hybridized carbons (Fsp3) is 0.300. The van der Waals surface area contributed by atoms with E-state index in [2.05, 4.69) is 5.16 Å². The first kappa shape index (κ1) is 10.4. The molecular weight excluding hydrogens is 212 g/mol. The van der Waals surface area contributed by atoms with Crippen molar-refractivity contribution in [3.05, 3.63) is 39.9 Å². The van der Waals surface area contributed by atoms with Gasteiger partial charge in [0, 0.05) is 31.5 Å². The fourth-order valence-electron chi connectivity index (χ4n) is 1.26. The number of nitrogens with zero attached hydrogens (tertiary/aromatic N) is 2. The third-order valence-electron chi connectivity index (χ3n) is 2.02. The Labute approximate surface area is 91.6 Å². The van der Waals surface area contributed by atoms with Crippen LogP contribution in [0.25, 0.3) is 0 Å². The van der Waals surface area contributed by atoms with Gasteiger partial charge >= 0.3 is 0 Å². The Morgan fingerprint density at radius 3 is 2.38 bits per heavy atom. The molecule has 0 fully saturated rings. The van der Waals surface area contributed by atoms with Crippen molar-refractivity contribution in [2.24, 2.45) is 5.16 Å². The predicted octanol–water partition coefficient (Wildman–Crippen LogP) is 2.04. The van der Waals surface area contributed by atoms with E-state index in [1.54, 1.807) is 26.0 Å². The van der Waals surface area contributed by atoms with Crippen LogP contribution in [0.5, 0.6) is 0 Å². The van der Waals surface area contributed by atoms with Crippen molar-refractivity contribution in [3.8, 4) is 0 Å². The molecule has 1 aliphatic heterocycles. The summed E-state index contributed by atoms with van der Waals surface area (Å²) in [6, 6.07) is 5.93. The lowest BCUT2D eigenvalue weighted by Gasteiger charge is -2.14. The molecule has 1 heterocycles. The highest BCUT2D eigenvalue weighted by Gasteiger charge is 2.30. The van der Waals surface area contributed by atoms with Crippen LogP contribution < -0.4 is 0 Å². The van der Waals surface area contributed by atoms with E-state index in [1.165, 1.54) is 12.1 Å². The number of nitro groups is 1. The van der Waals surface area contributed by atoms with Crippen LogP contribution in [0.15, 0.2) is 29.4 Å². The predicted molar refractivity (Wildman–Crippen MR) is 55.9 cm³/mol. The van der Waals surface area contributed by atoms with E-state index in [-0.39, 0.29) is 5.69 Å². The molecule has 1 aliphatic rings. The summed E-state index contributed by atoms with van der Waals surface area (Å²) >= 11 is 0. The fourth-order valence-corrected chi connectivity index (χ4v) is 1.26. The Balaban J connectivity index is 2.21. The average molecular weight is 222 g/mol. The molecule has 0 aromatic heterocycles. The molecule has 0 aliphatic carbocycles. The van der Waals surface area contributed by atoms with E-state index >= 15 is 0 Å². The van der Waals surface area contributed by atoms with Crippen molar-refractivity contribution in [1.82, 2.24) is 0 Å². The molecule has 0 spiro atoms. The highest BCUT2D eigenvalue weighted by Crippen LogP contribution is 2.23. The molecule has 84 valence electrons. The van der Waals surface area contributed by atoms with Crippen molar-refractivity contribution >= 4 is 11.6 Å². The standard InChI is InChI=1S/C10H10N2O4/c1-10(2)15-9(11-16-10)7-3-5-8(6-4-7)12(13)14/h3-6H,1-2H3. The maximum absolute atomic E-state index is 10.5. The first-order valence-corrected chi connectivity index (χ1v) is 4.68. The van der Waals surface area contributed by atoms with Gasteiger partial charge in [-0.25, -0.2) is 0 Å². The van der Waals surface area contributed by atoms with Crippen LogP contribution >= 0.6 is 0 Å². The van der Waals surface area contributed by atoms with E-state index in [1.807, 2.05) is 0 Å². The Morgan fingerprint density at radius 1 is 1.31 bits per heavy atom. The van der Waals surface area contributed by atoms with Crippen LogP contribution in [-0.4, -0.2) is 16.6 Å². The third-order valence-corrected chi connectivity index (χ3v) is 2.02. The molecule has 6 heteroatoms. The van der Waals surface area contributed by atoms with Gasteiger partial charge in [-0.1, -0.05) is 0 Å². The lowest BCUT2D eigenvalue weighted by Crippen LogP contribution is -2.22. The second kappa shape index (κ2) is 3.48. The molecular formula is C10H10N2O4. The number of benzene rings is 1. The average Bonchev–Trinajstić information content (AvgIpc) is 2.59. The summed E-state index contributed by atoms with van der Waals surface area (Å²) < 4.78 is 5.39. The molecule has 6 nitrogen and oxygen atoms in total. The summed E-state index contributed by atoms with van der Waals surface area (Å²) in [4.78, 5) is 15.0. The Bertz CT molecular complexity index is 450. The summed E-state index contributed by atoms with van der Waals surface area (Å²) in [5, 5.41) is 14.2. The lowest BCUT2D eigenvalue weighted by molar-refractivity contribution is -0.384. The van der Waals surface area contributed by atoms with E-state index in [4.69, 9.17) is 9.57 Å². The summed E-state index contributed by atoms with van der Waals surface area (Å²) in [5.41, 5.74) is 0.679. The van der Waals surface area contributed by atoms with Gasteiger partial charge in [0.05, 0.1) is 4.92 Å². The minimum atomic E-state index is -0.781. The quantitative estimate of drug-likeness (QED) is 0.566. The molecule has 1 aromatic carbocycles. The first-order valence-electron chi connectivity index (χ1n) is 4.68. The van der Waals surface area contributed by atoms with Crippen molar-refractivity contribution in [3.63, 3.8) is 0 Å². The van der Waals surface area contributed by atoms with Crippen molar-refractivity contribution in [2.75, 3.05) is 0 Å². The number of nitro benzene ring substituents is 1. The Hall–Kier alpha value is -2.11. The van der Waals surface area contributed by atoms with Gasteiger partial charge in [-0.05, 0) is 17.3 Å². The monoisotopic (exact) mass is 222 g/mol. The van der Waals surface area contributed by atoms with E-state index in [0.717, 1.165) is 0 Å². The molecule has 0 saturated carbocycles. The number of non-ortho nitro benzene ring substituents is 1. The molecule has 2 rings (SSSR count). The highest BCUT2D eigenvalue weighted by molar-refractivity contribution is 5.94. The van der Waals surface area contributed by atoms with Gasteiger partial charge in [-0.3, -0.25) is 10.1 Å². The lowest BCUT2D eigenvalue weighted by atomic mass is 10.2. The van der Waals surface area contributed by atoms with Crippen LogP contribution in [0, 0.1) is 10.1 Å². The number of hydrogen-bond acceptors (Lipinski definition) is 5.